The van der Waals surface area contributed by atoms with Crippen LogP contribution in [0.2, 0.25) is 0 Å². The van der Waals surface area contributed by atoms with Crippen molar-refractivity contribution < 1.29 is 14.3 Å². The molecule has 0 saturated carbocycles. The molecule has 0 saturated heterocycles. The molecule has 1 amide bonds. The van der Waals surface area contributed by atoms with Gasteiger partial charge in [0.05, 0.1) is 17.6 Å². The van der Waals surface area contributed by atoms with E-state index in [2.05, 4.69) is 37.4 Å². The van der Waals surface area contributed by atoms with Gasteiger partial charge in [-0.2, -0.15) is 0 Å². The number of hydrogen-bond acceptors (Lipinski definition) is 4. The Morgan fingerprint density at radius 2 is 1.67 bits per heavy atom. The lowest BCUT2D eigenvalue weighted by molar-refractivity contribution is 0.0951. The lowest BCUT2D eigenvalue weighted by atomic mass is 10.1. The summed E-state index contributed by atoms with van der Waals surface area (Å²) in [7, 11) is 0. The molecular formula is C29H25N3O4. The van der Waals surface area contributed by atoms with E-state index in [9.17, 15) is 9.59 Å². The lowest BCUT2D eigenvalue weighted by Crippen LogP contribution is -2.25. The highest BCUT2D eigenvalue weighted by molar-refractivity contribution is 5.97. The Kier molecular flexibility index (Phi) is 5.25. The molecule has 0 unspecified atom stereocenters. The quantitative estimate of drug-likeness (QED) is 0.401. The monoisotopic (exact) mass is 479 g/mol. The highest BCUT2D eigenvalue weighted by atomic mass is 16.7. The molecule has 5 aromatic rings. The molecule has 7 heteroatoms. The standard InChI is InChI=1S/C29H25N3O4/c1-18-10-19(2)12-21(11-18)16-32-25-14-22(6-7-23(25)31-9-3-4-24(31)29(32)34)28(33)30-15-20-5-8-26-27(13-20)36-17-35-26/h3-14H,15-17H2,1-2H3,(H,30,33). The minimum atomic E-state index is -0.215. The summed E-state index contributed by atoms with van der Waals surface area (Å²) in [6, 6.07) is 21.1. The van der Waals surface area contributed by atoms with Crippen molar-refractivity contribution >= 4 is 22.5 Å². The molecule has 3 heterocycles. The molecule has 2 aromatic heterocycles. The molecule has 7 nitrogen and oxygen atoms in total. The second-order valence-corrected chi connectivity index (χ2v) is 9.22. The molecule has 0 spiro atoms. The number of benzene rings is 3. The number of carbonyl (C=O) groups excluding carboxylic acids is 1. The smallest absolute Gasteiger partial charge is 0.275 e. The Labute approximate surface area is 207 Å². The lowest BCUT2D eigenvalue weighted by Gasteiger charge is -2.15. The van der Waals surface area contributed by atoms with Gasteiger partial charge in [-0.05, 0) is 67.4 Å². The molecule has 0 atom stereocenters. The maximum Gasteiger partial charge on any atom is 0.275 e. The summed E-state index contributed by atoms with van der Waals surface area (Å²) < 4.78 is 14.4. The number of fused-ring (bicyclic) bond motifs is 4. The number of nitrogens with one attached hydrogen (secondary N) is 1. The zero-order valence-corrected chi connectivity index (χ0v) is 20.1. The Bertz CT molecular complexity index is 1690. The molecule has 0 fully saturated rings. The summed E-state index contributed by atoms with van der Waals surface area (Å²) in [4.78, 5) is 26.6. The first-order chi connectivity index (χ1) is 17.5. The van der Waals surface area contributed by atoms with Gasteiger partial charge in [-0.15, -0.1) is 0 Å². The number of amides is 1. The van der Waals surface area contributed by atoms with Gasteiger partial charge in [0, 0.05) is 18.3 Å². The zero-order chi connectivity index (χ0) is 24.8. The number of aryl methyl sites for hydroxylation is 2. The predicted molar refractivity (Wildman–Crippen MR) is 138 cm³/mol. The van der Waals surface area contributed by atoms with E-state index in [0.29, 0.717) is 41.2 Å². The molecular weight excluding hydrogens is 454 g/mol. The average molecular weight is 480 g/mol. The van der Waals surface area contributed by atoms with Crippen LogP contribution in [-0.2, 0) is 13.1 Å². The molecule has 3 aromatic carbocycles. The maximum atomic E-state index is 13.5. The highest BCUT2D eigenvalue weighted by Crippen LogP contribution is 2.32. The van der Waals surface area contributed by atoms with E-state index in [-0.39, 0.29) is 18.3 Å². The number of aromatic nitrogens is 2. The fourth-order valence-corrected chi connectivity index (χ4v) is 4.93. The van der Waals surface area contributed by atoms with Crippen LogP contribution in [0.3, 0.4) is 0 Å². The third-order valence-electron chi connectivity index (χ3n) is 6.51. The number of rotatable bonds is 5. The largest absolute Gasteiger partial charge is 0.454 e. The highest BCUT2D eigenvalue weighted by Gasteiger charge is 2.16. The zero-order valence-electron chi connectivity index (χ0n) is 20.1. The molecule has 180 valence electrons. The van der Waals surface area contributed by atoms with Crippen LogP contribution in [0.1, 0.15) is 32.6 Å². The van der Waals surface area contributed by atoms with E-state index in [1.807, 2.05) is 47.0 Å². The molecule has 6 rings (SSSR count). The number of carbonyl (C=O) groups is 1. The normalized spacial score (nSPS) is 12.4. The number of hydrogen-bond donors (Lipinski definition) is 1. The van der Waals surface area contributed by atoms with Crippen LogP contribution < -0.4 is 20.3 Å². The first-order valence-electron chi connectivity index (χ1n) is 11.8. The molecule has 1 N–H and O–H groups in total. The summed E-state index contributed by atoms with van der Waals surface area (Å²) in [5.41, 5.74) is 6.83. The van der Waals surface area contributed by atoms with E-state index >= 15 is 0 Å². The van der Waals surface area contributed by atoms with Crippen molar-refractivity contribution in [3.8, 4) is 11.5 Å². The van der Waals surface area contributed by atoms with E-state index in [0.717, 1.165) is 27.8 Å². The summed E-state index contributed by atoms with van der Waals surface area (Å²) in [6.07, 6.45) is 1.87. The molecule has 0 radical (unpaired) electrons. The Balaban J connectivity index is 1.37. The van der Waals surface area contributed by atoms with Crippen molar-refractivity contribution in [2.24, 2.45) is 0 Å². The van der Waals surface area contributed by atoms with Gasteiger partial charge >= 0.3 is 0 Å². The topological polar surface area (TPSA) is 74.0 Å². The Morgan fingerprint density at radius 1 is 0.861 bits per heavy atom. The Hall–Kier alpha value is -4.52. The van der Waals surface area contributed by atoms with Crippen molar-refractivity contribution in [2.45, 2.75) is 26.9 Å². The van der Waals surface area contributed by atoms with Crippen molar-refractivity contribution in [3.63, 3.8) is 0 Å². The summed E-state index contributed by atoms with van der Waals surface area (Å²) in [5.74, 6) is 1.17. The summed E-state index contributed by atoms with van der Waals surface area (Å²) in [5, 5.41) is 2.97. The third kappa shape index (κ3) is 3.88. The second kappa shape index (κ2) is 8.61. The minimum Gasteiger partial charge on any atom is -0.454 e. The van der Waals surface area contributed by atoms with Crippen molar-refractivity contribution in [1.29, 1.82) is 0 Å². The van der Waals surface area contributed by atoms with E-state index in [1.165, 1.54) is 0 Å². The fourth-order valence-electron chi connectivity index (χ4n) is 4.93. The van der Waals surface area contributed by atoms with Gasteiger partial charge in [-0.3, -0.25) is 9.59 Å². The molecule has 0 bridgehead atoms. The second-order valence-electron chi connectivity index (χ2n) is 9.22. The van der Waals surface area contributed by atoms with Crippen LogP contribution in [0.15, 0.2) is 77.7 Å². The predicted octanol–water partition coefficient (Wildman–Crippen LogP) is 4.58. The van der Waals surface area contributed by atoms with Crippen LogP contribution in [0.4, 0.5) is 0 Å². The summed E-state index contributed by atoms with van der Waals surface area (Å²) >= 11 is 0. The van der Waals surface area contributed by atoms with Gasteiger partial charge in [-0.25, -0.2) is 0 Å². The first-order valence-corrected chi connectivity index (χ1v) is 11.8. The number of ether oxygens (including phenoxy) is 2. The maximum absolute atomic E-state index is 13.5. The van der Waals surface area contributed by atoms with E-state index in [4.69, 9.17) is 9.47 Å². The first kappa shape index (κ1) is 22.0. The van der Waals surface area contributed by atoms with E-state index < -0.39 is 0 Å². The average Bonchev–Trinajstić information content (AvgIpc) is 3.54. The fraction of sp³-hybridized carbons (Fsp3) is 0.172. The van der Waals surface area contributed by atoms with Crippen molar-refractivity contribution in [3.05, 3.63) is 111 Å². The van der Waals surface area contributed by atoms with Crippen LogP contribution in [0.25, 0.3) is 16.6 Å². The Morgan fingerprint density at radius 3 is 2.50 bits per heavy atom. The van der Waals surface area contributed by atoms with Gasteiger partial charge in [0.1, 0.15) is 5.52 Å². The molecule has 1 aliphatic heterocycles. The van der Waals surface area contributed by atoms with Gasteiger partial charge in [0.15, 0.2) is 11.5 Å². The van der Waals surface area contributed by atoms with Crippen molar-refractivity contribution in [2.75, 3.05) is 6.79 Å². The SMILES string of the molecule is Cc1cc(C)cc(Cn2c(=O)c3cccn3c3ccc(C(=O)NCc4ccc5c(c4)OCO5)cc32)c1. The van der Waals surface area contributed by atoms with Crippen LogP contribution in [0, 0.1) is 13.8 Å². The van der Waals surface area contributed by atoms with Gasteiger partial charge < -0.3 is 23.8 Å². The molecule has 36 heavy (non-hydrogen) atoms. The molecule has 1 aliphatic rings. The van der Waals surface area contributed by atoms with Gasteiger partial charge in [-0.1, -0.05) is 35.4 Å². The van der Waals surface area contributed by atoms with Crippen LogP contribution in [0.5, 0.6) is 11.5 Å². The summed E-state index contributed by atoms with van der Waals surface area (Å²) in [6.45, 7) is 5.08. The van der Waals surface area contributed by atoms with Crippen LogP contribution in [-0.4, -0.2) is 21.7 Å². The van der Waals surface area contributed by atoms with Gasteiger partial charge in [0.25, 0.3) is 11.5 Å². The third-order valence-corrected chi connectivity index (χ3v) is 6.51. The van der Waals surface area contributed by atoms with Gasteiger partial charge in [0.2, 0.25) is 6.79 Å². The van der Waals surface area contributed by atoms with Crippen molar-refractivity contribution in [1.82, 2.24) is 14.3 Å². The number of nitrogens with zero attached hydrogens (tertiary/aromatic N) is 2. The molecule has 0 aliphatic carbocycles. The minimum absolute atomic E-state index is 0.0930. The van der Waals surface area contributed by atoms with E-state index in [1.54, 1.807) is 16.7 Å². The van der Waals surface area contributed by atoms with Crippen LogP contribution >= 0.6 is 0 Å².